The Balaban J connectivity index is 0.000000232. The lowest BCUT2D eigenvalue weighted by molar-refractivity contribution is -2.00. The minimum atomic E-state index is -4.94. The third kappa shape index (κ3) is 4.12. The molecule has 0 aromatic carbocycles. The summed E-state index contributed by atoms with van der Waals surface area (Å²) in [7, 11) is -4.94. The molecule has 0 radical (unpaired) electrons. The Morgan fingerprint density at radius 2 is 1.21 bits per heavy atom. The molecular weight excluding hydrogens is 272 g/mol. The zero-order valence-electron chi connectivity index (χ0n) is 11.0. The van der Waals surface area contributed by atoms with Gasteiger partial charge in [0.15, 0.2) is 0 Å². The van der Waals surface area contributed by atoms with Gasteiger partial charge in [-0.3, -0.25) is 0 Å². The summed E-state index contributed by atoms with van der Waals surface area (Å²) >= 11 is 0. The monoisotopic (exact) mass is 288 g/mol. The van der Waals surface area contributed by atoms with Crippen LogP contribution in [0.15, 0.2) is 22.6 Å². The molecule has 1 aromatic heterocycles. The van der Waals surface area contributed by atoms with Gasteiger partial charge in [0.2, 0.25) is 0 Å². The molecule has 0 saturated heterocycles. The highest BCUT2D eigenvalue weighted by molar-refractivity contribution is 5.26. The number of halogens is 1. The molecule has 1 heterocycles. The summed E-state index contributed by atoms with van der Waals surface area (Å²) < 4.78 is 40.0. The number of rotatable bonds is 2. The lowest BCUT2D eigenvalue weighted by Gasteiger charge is -2.17. The minimum absolute atomic E-state index is 0.362. The van der Waals surface area contributed by atoms with Crippen LogP contribution in [-0.4, -0.2) is 0 Å². The van der Waals surface area contributed by atoms with Crippen LogP contribution in [0.2, 0.25) is 0 Å². The SMILES string of the molecule is CC1(c2cccc(C3(C)CC3)[o+]2)CC1.[O-][Cl+3]([O-])([O-])[O-]. The lowest BCUT2D eigenvalue weighted by atomic mass is 10.0. The fraction of sp³-hybridized carbons (Fsp3) is 0.615. The standard InChI is InChI=1S/C13H17O.ClHO4/c1-12(6-7-12)10-4-3-5-11(14-10)13(2)8-9-13;2-1(3,4)5/h3-5H,6-9H2,1-2H3;(H,2,3,4,5)/q+1;/p-1. The van der Waals surface area contributed by atoms with Crippen LogP contribution >= 0.6 is 0 Å². The number of hydrogen-bond donors (Lipinski definition) is 0. The van der Waals surface area contributed by atoms with E-state index >= 15 is 0 Å². The van der Waals surface area contributed by atoms with E-state index in [2.05, 4.69) is 32.0 Å². The normalized spacial score (nSPS) is 22.2. The van der Waals surface area contributed by atoms with E-state index in [9.17, 15) is 0 Å². The first-order chi connectivity index (χ1) is 8.62. The quantitative estimate of drug-likeness (QED) is 0.643. The second kappa shape index (κ2) is 4.68. The third-order valence-corrected chi connectivity index (χ3v) is 3.90. The molecule has 0 amide bonds. The molecule has 5 nitrogen and oxygen atoms in total. The molecule has 2 fully saturated rings. The largest absolute Gasteiger partial charge is 0.335 e. The summed E-state index contributed by atoms with van der Waals surface area (Å²) in [6.07, 6.45) is 5.15. The van der Waals surface area contributed by atoms with Gasteiger partial charge in [-0.05, 0) is 45.6 Å². The summed E-state index contributed by atoms with van der Waals surface area (Å²) in [5.41, 5.74) is 0.725. The molecule has 0 atom stereocenters. The highest BCUT2D eigenvalue weighted by atomic mass is 35.7. The van der Waals surface area contributed by atoms with E-state index in [1.165, 1.54) is 37.2 Å². The van der Waals surface area contributed by atoms with Crippen LogP contribution in [0, 0.1) is 10.2 Å². The third-order valence-electron chi connectivity index (χ3n) is 3.90. The molecule has 0 N–H and O–H groups in total. The molecule has 106 valence electrons. The Morgan fingerprint density at radius 3 is 1.47 bits per heavy atom. The average molecular weight is 289 g/mol. The van der Waals surface area contributed by atoms with Crippen LogP contribution in [0.25, 0.3) is 0 Å². The van der Waals surface area contributed by atoms with Gasteiger partial charge in [0.1, 0.15) is 0 Å². The molecule has 6 heteroatoms. The summed E-state index contributed by atoms with van der Waals surface area (Å²) in [6.45, 7) is 4.59. The average Bonchev–Trinajstić information content (AvgIpc) is 3.18. The van der Waals surface area contributed by atoms with Gasteiger partial charge in [-0.25, -0.2) is 23.1 Å². The van der Waals surface area contributed by atoms with E-state index in [1.54, 1.807) is 0 Å². The zero-order valence-corrected chi connectivity index (χ0v) is 11.7. The van der Waals surface area contributed by atoms with Gasteiger partial charge >= 0.3 is 11.5 Å². The molecule has 2 saturated carbocycles. The first-order valence-corrected chi connectivity index (χ1v) is 7.42. The van der Waals surface area contributed by atoms with E-state index in [-0.39, 0.29) is 0 Å². The first kappa shape index (κ1) is 14.7. The van der Waals surface area contributed by atoms with Crippen molar-refractivity contribution in [1.82, 2.24) is 0 Å². The summed E-state index contributed by atoms with van der Waals surface area (Å²) in [5.74, 6) is 2.39. The van der Waals surface area contributed by atoms with E-state index in [1.807, 2.05) is 0 Å². The highest BCUT2D eigenvalue weighted by Crippen LogP contribution is 2.51. The van der Waals surface area contributed by atoms with Crippen LogP contribution in [-0.2, 0) is 10.8 Å². The van der Waals surface area contributed by atoms with Gasteiger partial charge in [0, 0.05) is 12.1 Å². The van der Waals surface area contributed by atoms with Crippen molar-refractivity contribution in [3.8, 4) is 0 Å². The maximum Gasteiger partial charge on any atom is 0.335 e. The molecule has 2 aliphatic carbocycles. The van der Waals surface area contributed by atoms with Gasteiger partial charge < -0.3 is 0 Å². The van der Waals surface area contributed by atoms with Crippen LogP contribution in [0.4, 0.5) is 0 Å². The summed E-state index contributed by atoms with van der Waals surface area (Å²) in [6, 6.07) is 6.44. The molecule has 2 aliphatic rings. The van der Waals surface area contributed by atoms with Gasteiger partial charge in [0.25, 0.3) is 0 Å². The zero-order chi connectivity index (χ0) is 14.3. The predicted molar refractivity (Wildman–Crippen MR) is 56.3 cm³/mol. The van der Waals surface area contributed by atoms with Crippen molar-refractivity contribution < 1.29 is 33.3 Å². The Hall–Kier alpha value is -0.720. The molecule has 0 unspecified atom stereocenters. The topological polar surface area (TPSA) is 104 Å². The molecule has 3 rings (SSSR count). The van der Waals surface area contributed by atoms with Crippen molar-refractivity contribution in [2.45, 2.75) is 50.4 Å². The summed E-state index contributed by atoms with van der Waals surface area (Å²) in [5, 5.41) is 0. The maximum atomic E-state index is 8.49. The predicted octanol–water partition coefficient (Wildman–Crippen LogP) is -1.09. The van der Waals surface area contributed by atoms with Crippen molar-refractivity contribution in [3.63, 3.8) is 0 Å². The van der Waals surface area contributed by atoms with E-state index in [4.69, 9.17) is 23.1 Å². The van der Waals surface area contributed by atoms with Crippen LogP contribution < -0.4 is 18.6 Å². The molecule has 0 bridgehead atoms. The smallest absolute Gasteiger partial charge is 0.222 e. The maximum absolute atomic E-state index is 8.49. The Morgan fingerprint density at radius 1 is 0.895 bits per heavy atom. The fourth-order valence-electron chi connectivity index (χ4n) is 1.93. The van der Waals surface area contributed by atoms with E-state index < -0.39 is 10.2 Å². The molecule has 0 spiro atoms. The van der Waals surface area contributed by atoms with Gasteiger partial charge in [-0.15, -0.1) is 10.2 Å². The van der Waals surface area contributed by atoms with Crippen molar-refractivity contribution >= 4 is 0 Å². The molecular formula is C13H17ClO5. The first-order valence-electron chi connectivity index (χ1n) is 6.18. The Kier molecular flexibility index (Phi) is 3.62. The number of hydrogen-bond acceptors (Lipinski definition) is 4. The van der Waals surface area contributed by atoms with Crippen LogP contribution in [0.1, 0.15) is 51.1 Å². The minimum Gasteiger partial charge on any atom is -0.222 e. The highest BCUT2D eigenvalue weighted by Gasteiger charge is 2.52. The van der Waals surface area contributed by atoms with E-state index in [0.717, 1.165) is 0 Å². The lowest BCUT2D eigenvalue weighted by Crippen LogP contribution is -2.68. The Bertz CT molecular complexity index is 421. The van der Waals surface area contributed by atoms with Gasteiger partial charge in [0.05, 0.1) is 10.8 Å². The Labute approximate surface area is 114 Å². The van der Waals surface area contributed by atoms with Crippen molar-refractivity contribution in [1.29, 1.82) is 0 Å². The van der Waals surface area contributed by atoms with Crippen LogP contribution in [0.5, 0.6) is 0 Å². The molecule has 1 aromatic rings. The van der Waals surface area contributed by atoms with Crippen LogP contribution in [0.3, 0.4) is 0 Å². The van der Waals surface area contributed by atoms with Crippen molar-refractivity contribution in [3.05, 3.63) is 29.7 Å². The van der Waals surface area contributed by atoms with Gasteiger partial charge in [-0.2, -0.15) is 0 Å². The fourth-order valence-corrected chi connectivity index (χ4v) is 1.93. The molecule has 0 aliphatic heterocycles. The van der Waals surface area contributed by atoms with Crippen molar-refractivity contribution in [2.24, 2.45) is 0 Å². The van der Waals surface area contributed by atoms with Gasteiger partial charge in [-0.1, -0.05) is 0 Å². The second-order valence-electron chi connectivity index (χ2n) is 5.86. The van der Waals surface area contributed by atoms with Crippen molar-refractivity contribution in [2.75, 3.05) is 0 Å². The summed E-state index contributed by atoms with van der Waals surface area (Å²) in [4.78, 5) is 0. The van der Waals surface area contributed by atoms with E-state index in [0.29, 0.717) is 10.8 Å². The molecule has 19 heavy (non-hydrogen) atoms. The second-order valence-corrected chi connectivity index (χ2v) is 6.61.